The SMILES string of the molecule is CC1=C(C(=O)O)C(c2cccc([N+](=O)[O-])c2)C(S(=O)(=O)C(C)C)=C(C)N1. The minimum Gasteiger partial charge on any atom is -0.478 e. The van der Waals surface area contributed by atoms with Crippen LogP contribution in [0.25, 0.3) is 0 Å². The highest BCUT2D eigenvalue weighted by Gasteiger charge is 2.40. The molecule has 9 heteroatoms. The minimum absolute atomic E-state index is 0.0732. The Kier molecular flexibility index (Phi) is 5.22. The number of aliphatic carboxylic acids is 1. The van der Waals surface area contributed by atoms with Gasteiger partial charge in [0.1, 0.15) is 0 Å². The van der Waals surface area contributed by atoms with Crippen molar-refractivity contribution in [3.63, 3.8) is 0 Å². The number of carboxylic acid groups (broad SMARTS) is 1. The van der Waals surface area contributed by atoms with Crippen LogP contribution in [0.2, 0.25) is 0 Å². The first-order valence-corrected chi connectivity index (χ1v) is 9.43. The lowest BCUT2D eigenvalue weighted by Crippen LogP contribution is -2.33. The first-order chi connectivity index (χ1) is 12.0. The zero-order valence-corrected chi connectivity index (χ0v) is 15.6. The summed E-state index contributed by atoms with van der Waals surface area (Å²) in [5.74, 6) is -2.41. The number of non-ortho nitro benzene ring substituents is 1. The molecule has 2 N–H and O–H groups in total. The van der Waals surface area contributed by atoms with Crippen LogP contribution in [0.5, 0.6) is 0 Å². The van der Waals surface area contributed by atoms with E-state index in [4.69, 9.17) is 0 Å². The van der Waals surface area contributed by atoms with Crippen molar-refractivity contribution in [2.24, 2.45) is 0 Å². The summed E-state index contributed by atoms with van der Waals surface area (Å²) in [6.07, 6.45) is 0. The number of allylic oxidation sites excluding steroid dienone is 3. The highest BCUT2D eigenvalue weighted by Crippen LogP contribution is 2.42. The van der Waals surface area contributed by atoms with Gasteiger partial charge < -0.3 is 10.4 Å². The second-order valence-corrected chi connectivity index (χ2v) is 8.81. The van der Waals surface area contributed by atoms with E-state index in [2.05, 4.69) is 5.32 Å². The van der Waals surface area contributed by atoms with Gasteiger partial charge >= 0.3 is 5.97 Å². The highest BCUT2D eigenvalue weighted by atomic mass is 32.2. The average molecular weight is 380 g/mol. The van der Waals surface area contributed by atoms with Crippen LogP contribution >= 0.6 is 0 Å². The van der Waals surface area contributed by atoms with Crippen molar-refractivity contribution in [1.82, 2.24) is 5.32 Å². The van der Waals surface area contributed by atoms with Crippen molar-refractivity contribution in [2.45, 2.75) is 38.9 Å². The third-order valence-electron chi connectivity index (χ3n) is 4.27. The topological polar surface area (TPSA) is 127 Å². The Morgan fingerprint density at radius 3 is 2.38 bits per heavy atom. The number of hydrogen-bond donors (Lipinski definition) is 2. The van der Waals surface area contributed by atoms with E-state index in [0.29, 0.717) is 11.4 Å². The number of nitro benzene ring substituents is 1. The molecule has 0 radical (unpaired) electrons. The van der Waals surface area contributed by atoms with Crippen molar-refractivity contribution in [2.75, 3.05) is 0 Å². The second kappa shape index (κ2) is 6.91. The van der Waals surface area contributed by atoms with Gasteiger partial charge in [0.15, 0.2) is 9.84 Å². The predicted octanol–water partition coefficient (Wildman–Crippen LogP) is 2.69. The number of nitro groups is 1. The van der Waals surface area contributed by atoms with Crippen LogP contribution < -0.4 is 5.32 Å². The summed E-state index contributed by atoms with van der Waals surface area (Å²) in [5, 5.41) is 22.8. The number of benzene rings is 1. The molecule has 140 valence electrons. The molecule has 1 aromatic rings. The number of carbonyl (C=O) groups is 1. The van der Waals surface area contributed by atoms with E-state index in [1.807, 2.05) is 0 Å². The summed E-state index contributed by atoms with van der Waals surface area (Å²) in [5.41, 5.74) is 0.487. The van der Waals surface area contributed by atoms with Crippen LogP contribution in [-0.4, -0.2) is 29.7 Å². The average Bonchev–Trinajstić information content (AvgIpc) is 2.53. The molecule has 0 spiro atoms. The van der Waals surface area contributed by atoms with Crippen LogP contribution in [0, 0.1) is 10.1 Å². The van der Waals surface area contributed by atoms with Gasteiger partial charge in [-0.1, -0.05) is 12.1 Å². The quantitative estimate of drug-likeness (QED) is 0.594. The van der Waals surface area contributed by atoms with E-state index in [1.165, 1.54) is 45.0 Å². The zero-order valence-electron chi connectivity index (χ0n) is 14.8. The van der Waals surface area contributed by atoms with E-state index in [0.717, 1.165) is 0 Å². The number of nitrogens with one attached hydrogen (secondary N) is 1. The van der Waals surface area contributed by atoms with E-state index in [9.17, 15) is 28.4 Å². The predicted molar refractivity (Wildman–Crippen MR) is 96.1 cm³/mol. The molecule has 0 fully saturated rings. The van der Waals surface area contributed by atoms with Gasteiger partial charge in [-0.15, -0.1) is 0 Å². The molecule has 1 aliphatic heterocycles. The van der Waals surface area contributed by atoms with Crippen molar-refractivity contribution in [3.05, 3.63) is 61.8 Å². The lowest BCUT2D eigenvalue weighted by Gasteiger charge is -2.31. The minimum atomic E-state index is -3.82. The summed E-state index contributed by atoms with van der Waals surface area (Å²) in [4.78, 5) is 22.3. The maximum absolute atomic E-state index is 12.9. The number of carboxylic acids is 1. The Morgan fingerprint density at radius 2 is 1.88 bits per heavy atom. The van der Waals surface area contributed by atoms with Gasteiger partial charge in [0.25, 0.3) is 5.69 Å². The summed E-state index contributed by atoms with van der Waals surface area (Å²) < 4.78 is 25.9. The zero-order chi connectivity index (χ0) is 19.8. The molecule has 0 aliphatic carbocycles. The Bertz CT molecular complexity index is 944. The number of dihydropyridines is 1. The third-order valence-corrected chi connectivity index (χ3v) is 6.67. The van der Waals surface area contributed by atoms with Gasteiger partial charge in [-0.25, -0.2) is 13.2 Å². The standard InChI is InChI=1S/C17H20N2O6S/c1-9(2)26(24,25)16-11(4)18-10(3)14(17(20)21)15(16)12-6-5-7-13(8-12)19(22)23/h5-9,15,18H,1-4H3,(H,20,21). The van der Waals surface area contributed by atoms with Crippen molar-refractivity contribution >= 4 is 21.5 Å². The molecule has 0 saturated heterocycles. The van der Waals surface area contributed by atoms with Gasteiger partial charge in [0, 0.05) is 23.5 Å². The van der Waals surface area contributed by atoms with Gasteiger partial charge in [0.05, 0.1) is 26.6 Å². The number of rotatable bonds is 5. The van der Waals surface area contributed by atoms with Gasteiger partial charge in [-0.05, 0) is 33.3 Å². The van der Waals surface area contributed by atoms with Crippen molar-refractivity contribution in [3.8, 4) is 0 Å². The Balaban J connectivity index is 2.83. The Labute approximate surface area is 151 Å². The van der Waals surface area contributed by atoms with E-state index in [1.54, 1.807) is 6.92 Å². The number of hydrogen-bond acceptors (Lipinski definition) is 6. The van der Waals surface area contributed by atoms with E-state index < -0.39 is 31.9 Å². The Morgan fingerprint density at radius 1 is 1.27 bits per heavy atom. The van der Waals surface area contributed by atoms with E-state index in [-0.39, 0.29) is 21.7 Å². The van der Waals surface area contributed by atoms with Crippen LogP contribution in [0.1, 0.15) is 39.2 Å². The summed E-state index contributed by atoms with van der Waals surface area (Å²) in [6, 6.07) is 5.41. The lowest BCUT2D eigenvalue weighted by atomic mass is 9.86. The first kappa shape index (κ1) is 19.6. The maximum atomic E-state index is 12.9. The molecule has 0 saturated carbocycles. The molecule has 0 aromatic heterocycles. The van der Waals surface area contributed by atoms with Crippen LogP contribution in [0.3, 0.4) is 0 Å². The molecule has 1 heterocycles. The molecular formula is C17H20N2O6S. The molecule has 1 aromatic carbocycles. The maximum Gasteiger partial charge on any atom is 0.334 e. The monoisotopic (exact) mass is 380 g/mol. The molecule has 26 heavy (non-hydrogen) atoms. The molecule has 2 rings (SSSR count). The van der Waals surface area contributed by atoms with Gasteiger partial charge in [-0.2, -0.15) is 0 Å². The van der Waals surface area contributed by atoms with Gasteiger partial charge in [0.2, 0.25) is 0 Å². The van der Waals surface area contributed by atoms with Gasteiger partial charge in [-0.3, -0.25) is 10.1 Å². The first-order valence-electron chi connectivity index (χ1n) is 7.88. The normalized spacial score (nSPS) is 18.1. The number of nitrogens with zero attached hydrogens (tertiary/aromatic N) is 1. The molecule has 1 atom stereocenters. The fraction of sp³-hybridized carbons (Fsp3) is 0.353. The molecule has 0 amide bonds. The Hall–Kier alpha value is -2.68. The fourth-order valence-corrected chi connectivity index (χ4v) is 4.59. The molecule has 0 bridgehead atoms. The van der Waals surface area contributed by atoms with Crippen molar-refractivity contribution < 1.29 is 23.2 Å². The lowest BCUT2D eigenvalue weighted by molar-refractivity contribution is -0.384. The summed E-state index contributed by atoms with van der Waals surface area (Å²) >= 11 is 0. The largest absolute Gasteiger partial charge is 0.478 e. The molecular weight excluding hydrogens is 360 g/mol. The molecule has 1 aliphatic rings. The van der Waals surface area contributed by atoms with Crippen LogP contribution in [0.15, 0.2) is 46.1 Å². The van der Waals surface area contributed by atoms with E-state index >= 15 is 0 Å². The smallest absolute Gasteiger partial charge is 0.334 e. The summed E-state index contributed by atoms with van der Waals surface area (Å²) in [6.45, 7) is 6.11. The fourth-order valence-electron chi connectivity index (χ4n) is 3.03. The second-order valence-electron chi connectivity index (χ2n) is 6.34. The van der Waals surface area contributed by atoms with Crippen LogP contribution in [0.4, 0.5) is 5.69 Å². The highest BCUT2D eigenvalue weighted by molar-refractivity contribution is 7.95. The molecule has 8 nitrogen and oxygen atoms in total. The van der Waals surface area contributed by atoms with Crippen molar-refractivity contribution in [1.29, 1.82) is 0 Å². The summed E-state index contributed by atoms with van der Waals surface area (Å²) in [7, 11) is -3.82. The van der Waals surface area contributed by atoms with Crippen LogP contribution in [-0.2, 0) is 14.6 Å². The number of sulfone groups is 1. The third kappa shape index (κ3) is 3.34. The molecule has 1 unspecified atom stereocenters.